The molecule has 2 rings (SSSR count). The quantitative estimate of drug-likeness (QED) is 0.102. The number of benzene rings is 1. The second-order valence-corrected chi connectivity index (χ2v) is 12.5. The number of hydrogen-bond acceptors (Lipinski definition) is 10. The Balaban J connectivity index is 1.86. The van der Waals surface area contributed by atoms with Gasteiger partial charge in [-0.2, -0.15) is 11.8 Å². The number of ether oxygens (including phenoxy) is 3. The summed E-state index contributed by atoms with van der Waals surface area (Å²) < 4.78 is 15.7. The average molecular weight is 587 g/mol. The van der Waals surface area contributed by atoms with Crippen LogP contribution >= 0.6 is 33.3 Å². The highest BCUT2D eigenvalue weighted by Crippen LogP contribution is 2.29. The van der Waals surface area contributed by atoms with E-state index in [0.717, 1.165) is 62.3 Å². The molecule has 1 fully saturated rings. The Labute approximate surface area is 239 Å². The number of hydrogen-bond donors (Lipinski definition) is 2. The second kappa shape index (κ2) is 20.4. The van der Waals surface area contributed by atoms with E-state index in [1.807, 2.05) is 42.1 Å². The monoisotopic (exact) mass is 586 g/mol. The third-order valence-electron chi connectivity index (χ3n) is 6.08. The zero-order valence-electron chi connectivity index (χ0n) is 22.5. The molecule has 0 heterocycles. The Hall–Kier alpha value is -1.56. The lowest BCUT2D eigenvalue weighted by Gasteiger charge is -2.29. The van der Waals surface area contributed by atoms with E-state index in [1.54, 1.807) is 28.5 Å². The van der Waals surface area contributed by atoms with Crippen molar-refractivity contribution >= 4 is 51.4 Å². The van der Waals surface area contributed by atoms with Gasteiger partial charge in [-0.1, -0.05) is 71.2 Å². The summed E-state index contributed by atoms with van der Waals surface area (Å²) in [6.07, 6.45) is 6.67. The molecule has 0 aromatic heterocycles. The van der Waals surface area contributed by atoms with Crippen molar-refractivity contribution in [1.82, 2.24) is 10.6 Å². The van der Waals surface area contributed by atoms with Gasteiger partial charge in [-0.25, -0.2) is 4.79 Å². The van der Waals surface area contributed by atoms with Crippen LogP contribution in [0.2, 0.25) is 0 Å². The van der Waals surface area contributed by atoms with Gasteiger partial charge in [-0.15, -0.1) is 0 Å². The van der Waals surface area contributed by atoms with Crippen LogP contribution in [0.3, 0.4) is 0 Å². The van der Waals surface area contributed by atoms with Crippen LogP contribution in [0.5, 0.6) is 0 Å². The second-order valence-electron chi connectivity index (χ2n) is 9.05. The molecule has 11 heteroatoms. The maximum atomic E-state index is 13.1. The zero-order chi connectivity index (χ0) is 27.4. The van der Waals surface area contributed by atoms with E-state index in [9.17, 15) is 14.4 Å². The normalized spacial score (nSPS) is 15.3. The van der Waals surface area contributed by atoms with Crippen LogP contribution in [-0.2, 0) is 30.2 Å². The molecule has 0 saturated heterocycles. The first-order valence-electron chi connectivity index (χ1n) is 13.3. The Morgan fingerprint density at radius 2 is 1.82 bits per heavy atom. The molecule has 0 aliphatic heterocycles. The van der Waals surface area contributed by atoms with Crippen molar-refractivity contribution in [3.05, 3.63) is 35.9 Å². The van der Waals surface area contributed by atoms with Crippen molar-refractivity contribution in [2.24, 2.45) is 11.8 Å². The largest absolute Gasteiger partial charge is 0.511 e. The van der Waals surface area contributed by atoms with Gasteiger partial charge in [0, 0.05) is 11.7 Å². The van der Waals surface area contributed by atoms with Gasteiger partial charge in [0.15, 0.2) is 0 Å². The lowest BCUT2D eigenvalue weighted by Crippen LogP contribution is -2.40. The summed E-state index contributed by atoms with van der Waals surface area (Å²) >= 11 is 1.84. The summed E-state index contributed by atoms with van der Waals surface area (Å²) in [5.74, 6) is 1.37. The molecule has 0 spiro atoms. The van der Waals surface area contributed by atoms with Crippen molar-refractivity contribution in [3.63, 3.8) is 0 Å². The van der Waals surface area contributed by atoms with Gasteiger partial charge in [0.25, 0.3) is 6.29 Å². The third kappa shape index (κ3) is 14.0. The predicted molar refractivity (Wildman–Crippen MR) is 157 cm³/mol. The van der Waals surface area contributed by atoms with E-state index in [4.69, 9.17) is 14.2 Å². The Morgan fingerprint density at radius 3 is 2.53 bits per heavy atom. The van der Waals surface area contributed by atoms with Crippen molar-refractivity contribution in [2.45, 2.75) is 58.2 Å². The fraction of sp³-hybridized carbons (Fsp3) is 0.667. The van der Waals surface area contributed by atoms with Gasteiger partial charge >= 0.3 is 12.1 Å². The number of carbonyl (C=O) groups is 3. The number of nitrogens with one attached hydrogen (secondary N) is 2. The maximum Gasteiger partial charge on any atom is 0.511 e. The lowest BCUT2D eigenvalue weighted by atomic mass is 9.89. The highest BCUT2D eigenvalue weighted by molar-refractivity contribution is 8.76. The molecule has 8 nitrogen and oxygen atoms in total. The molecule has 38 heavy (non-hydrogen) atoms. The minimum Gasteiger partial charge on any atom is -0.435 e. The van der Waals surface area contributed by atoms with Crippen LogP contribution in [0.15, 0.2) is 30.3 Å². The minimum absolute atomic E-state index is 0.0682. The molecule has 1 aliphatic rings. The molecule has 1 amide bonds. The van der Waals surface area contributed by atoms with E-state index >= 15 is 0 Å². The number of esters is 1. The number of rotatable bonds is 18. The molecule has 2 atom stereocenters. The van der Waals surface area contributed by atoms with E-state index in [0.29, 0.717) is 12.2 Å². The third-order valence-corrected chi connectivity index (χ3v) is 9.06. The SMILES string of the molecule is CCOC(=O)OC(OC(=O)CNC(=O)C(CSSCNCCCSC)Cc1ccccc1)C1CCCCC1. The molecular formula is C27H42N2O6S3. The summed E-state index contributed by atoms with van der Waals surface area (Å²) in [5.41, 5.74) is 1.07. The highest BCUT2D eigenvalue weighted by atomic mass is 33.1. The molecule has 0 radical (unpaired) electrons. The van der Waals surface area contributed by atoms with Gasteiger partial charge in [-0.3, -0.25) is 9.59 Å². The van der Waals surface area contributed by atoms with Crippen LogP contribution in [0.25, 0.3) is 0 Å². The standard InChI is InChI=1S/C27H42N2O6S3/c1-3-33-27(32)35-26(22-13-8-5-9-14-22)34-24(30)18-29-25(31)23(17-21-11-6-4-7-12-21)19-37-38-20-28-15-10-16-36-2/h4,6-7,11-12,22-23,26,28H,3,5,8-10,13-20H2,1-2H3,(H,29,31). The highest BCUT2D eigenvalue weighted by Gasteiger charge is 2.31. The molecule has 214 valence electrons. The van der Waals surface area contributed by atoms with Crippen LogP contribution in [0, 0.1) is 11.8 Å². The van der Waals surface area contributed by atoms with Gasteiger partial charge in [0.2, 0.25) is 5.91 Å². The molecule has 1 aliphatic carbocycles. The average Bonchev–Trinajstić information content (AvgIpc) is 2.93. The number of carbonyl (C=O) groups excluding carboxylic acids is 3. The summed E-state index contributed by atoms with van der Waals surface area (Å²) in [7, 11) is 3.34. The minimum atomic E-state index is -1.01. The summed E-state index contributed by atoms with van der Waals surface area (Å²) in [6.45, 7) is 2.55. The lowest BCUT2D eigenvalue weighted by molar-refractivity contribution is -0.183. The van der Waals surface area contributed by atoms with Gasteiger partial charge in [0.05, 0.1) is 18.4 Å². The van der Waals surface area contributed by atoms with Crippen LogP contribution in [0.1, 0.15) is 51.0 Å². The van der Waals surface area contributed by atoms with Crippen LogP contribution in [-0.4, -0.2) is 67.7 Å². The summed E-state index contributed by atoms with van der Waals surface area (Å²) in [4.78, 5) is 37.6. The van der Waals surface area contributed by atoms with Crippen LogP contribution in [0.4, 0.5) is 4.79 Å². The van der Waals surface area contributed by atoms with Crippen molar-refractivity contribution < 1.29 is 28.6 Å². The van der Waals surface area contributed by atoms with E-state index < -0.39 is 18.4 Å². The van der Waals surface area contributed by atoms with E-state index in [1.165, 1.54) is 0 Å². The molecule has 0 bridgehead atoms. The van der Waals surface area contributed by atoms with E-state index in [2.05, 4.69) is 16.9 Å². The van der Waals surface area contributed by atoms with Crippen molar-refractivity contribution in [2.75, 3.05) is 43.3 Å². The Morgan fingerprint density at radius 1 is 1.05 bits per heavy atom. The topological polar surface area (TPSA) is 103 Å². The van der Waals surface area contributed by atoms with Gasteiger partial charge in [0.1, 0.15) is 6.54 Å². The van der Waals surface area contributed by atoms with Gasteiger partial charge in [-0.05, 0) is 56.7 Å². The summed E-state index contributed by atoms with van der Waals surface area (Å²) in [5, 5.41) is 6.14. The number of thioether (sulfide) groups is 1. The van der Waals surface area contributed by atoms with E-state index in [-0.39, 0.29) is 30.9 Å². The molecule has 1 aromatic carbocycles. The number of amides is 1. The Bertz CT molecular complexity index is 811. The Kier molecular flexibility index (Phi) is 17.5. The zero-order valence-corrected chi connectivity index (χ0v) is 24.9. The molecule has 1 saturated carbocycles. The van der Waals surface area contributed by atoms with Gasteiger partial charge < -0.3 is 24.8 Å². The smallest absolute Gasteiger partial charge is 0.435 e. The summed E-state index contributed by atoms with van der Waals surface area (Å²) in [6, 6.07) is 9.86. The van der Waals surface area contributed by atoms with Crippen molar-refractivity contribution in [1.29, 1.82) is 0 Å². The fourth-order valence-corrected chi connectivity index (χ4v) is 6.65. The predicted octanol–water partition coefficient (Wildman–Crippen LogP) is 5.27. The molecule has 2 N–H and O–H groups in total. The fourth-order valence-electron chi connectivity index (χ4n) is 4.10. The van der Waals surface area contributed by atoms with Crippen molar-refractivity contribution in [3.8, 4) is 0 Å². The first kappa shape index (κ1) is 32.7. The molecule has 2 unspecified atom stereocenters. The maximum absolute atomic E-state index is 13.1. The first-order chi connectivity index (χ1) is 18.5. The first-order valence-corrected chi connectivity index (χ1v) is 17.2. The molecule has 1 aromatic rings. The van der Waals surface area contributed by atoms with Crippen LogP contribution < -0.4 is 10.6 Å². The molecular weight excluding hydrogens is 545 g/mol.